The Morgan fingerprint density at radius 3 is 2.70 bits per heavy atom. The zero-order valence-electron chi connectivity index (χ0n) is 17.1. The Kier molecular flexibility index (Phi) is 7.80. The molecule has 5 nitrogen and oxygen atoms in total. The maximum Gasteiger partial charge on any atom is 0.191 e. The highest BCUT2D eigenvalue weighted by atomic mass is 127. The highest BCUT2D eigenvalue weighted by Gasteiger charge is 2.59. The van der Waals surface area contributed by atoms with Crippen molar-refractivity contribution in [3.63, 3.8) is 0 Å². The predicted octanol–water partition coefficient (Wildman–Crippen LogP) is 3.75. The van der Waals surface area contributed by atoms with Crippen LogP contribution in [0.25, 0.3) is 0 Å². The number of benzene rings is 1. The van der Waals surface area contributed by atoms with E-state index in [1.54, 1.807) is 0 Å². The van der Waals surface area contributed by atoms with Crippen LogP contribution in [0.2, 0.25) is 0 Å². The van der Waals surface area contributed by atoms with Crippen LogP contribution in [0.4, 0.5) is 0 Å². The summed E-state index contributed by atoms with van der Waals surface area (Å²) in [6, 6.07) is 8.55. The zero-order chi connectivity index (χ0) is 18.7. The molecule has 4 unspecified atom stereocenters. The van der Waals surface area contributed by atoms with E-state index in [0.717, 1.165) is 31.3 Å². The standard InChI is InChI=1S/C21H33N3O2.HI/c1-6-22-20(24-18-17-11-12-25-19(17)21(18,4)5)23-13-15(3)26-16-9-7-14(2)8-10-16;/h7-10,15,17-19H,6,11-13H2,1-5H3,(H2,22,23,24);1H. The van der Waals surface area contributed by atoms with Crippen molar-refractivity contribution in [1.82, 2.24) is 10.6 Å². The van der Waals surface area contributed by atoms with Gasteiger partial charge in [-0.3, -0.25) is 0 Å². The molecule has 0 aromatic heterocycles. The summed E-state index contributed by atoms with van der Waals surface area (Å²) in [7, 11) is 0. The Bertz CT molecular complexity index is 633. The molecule has 1 aromatic rings. The van der Waals surface area contributed by atoms with Crippen molar-refractivity contribution in [3.05, 3.63) is 29.8 Å². The number of fused-ring (bicyclic) bond motifs is 1. The summed E-state index contributed by atoms with van der Waals surface area (Å²) < 4.78 is 11.9. The molecule has 1 aromatic carbocycles. The second-order valence-corrected chi connectivity index (χ2v) is 8.15. The number of rotatable bonds is 6. The van der Waals surface area contributed by atoms with Gasteiger partial charge in [0.25, 0.3) is 0 Å². The Balaban J connectivity index is 0.00000261. The van der Waals surface area contributed by atoms with E-state index in [9.17, 15) is 0 Å². The van der Waals surface area contributed by atoms with Gasteiger partial charge in [0.1, 0.15) is 11.9 Å². The summed E-state index contributed by atoms with van der Waals surface area (Å²) in [5.41, 5.74) is 1.38. The number of aryl methyl sites for hydroxylation is 1. The molecular formula is C21H34IN3O2. The summed E-state index contributed by atoms with van der Waals surface area (Å²) in [6.45, 7) is 13.1. The van der Waals surface area contributed by atoms with Gasteiger partial charge < -0.3 is 20.1 Å². The number of nitrogens with zero attached hydrogens (tertiary/aromatic N) is 1. The van der Waals surface area contributed by atoms with Gasteiger partial charge in [0.15, 0.2) is 5.96 Å². The summed E-state index contributed by atoms with van der Waals surface area (Å²) in [5, 5.41) is 7.01. The summed E-state index contributed by atoms with van der Waals surface area (Å²) in [6.07, 6.45) is 1.54. The fourth-order valence-corrected chi connectivity index (χ4v) is 4.19. The Morgan fingerprint density at radius 1 is 1.33 bits per heavy atom. The lowest BCUT2D eigenvalue weighted by Gasteiger charge is -2.54. The van der Waals surface area contributed by atoms with E-state index in [1.807, 2.05) is 12.1 Å². The van der Waals surface area contributed by atoms with Gasteiger partial charge in [0.05, 0.1) is 12.6 Å². The van der Waals surface area contributed by atoms with Crippen LogP contribution in [0, 0.1) is 18.3 Å². The van der Waals surface area contributed by atoms with Crippen molar-refractivity contribution < 1.29 is 9.47 Å². The van der Waals surface area contributed by atoms with E-state index in [2.05, 4.69) is 57.4 Å². The van der Waals surface area contributed by atoms with Crippen LogP contribution in [0.3, 0.4) is 0 Å². The average Bonchev–Trinajstić information content (AvgIpc) is 3.06. The lowest BCUT2D eigenvalue weighted by atomic mass is 9.57. The maximum atomic E-state index is 5.97. The van der Waals surface area contributed by atoms with Crippen molar-refractivity contribution >= 4 is 29.9 Å². The summed E-state index contributed by atoms with van der Waals surface area (Å²) in [5.74, 6) is 2.35. The fraction of sp³-hybridized carbons (Fsp3) is 0.667. The highest BCUT2D eigenvalue weighted by molar-refractivity contribution is 14.0. The molecule has 3 rings (SSSR count). The molecule has 6 heteroatoms. The van der Waals surface area contributed by atoms with Gasteiger partial charge in [-0.25, -0.2) is 4.99 Å². The van der Waals surface area contributed by atoms with Crippen molar-refractivity contribution in [2.24, 2.45) is 16.3 Å². The number of halogens is 1. The number of hydrogen-bond acceptors (Lipinski definition) is 3. The number of nitrogens with one attached hydrogen (secondary N) is 2. The maximum absolute atomic E-state index is 5.97. The smallest absolute Gasteiger partial charge is 0.191 e. The molecule has 1 heterocycles. The predicted molar refractivity (Wildman–Crippen MR) is 121 cm³/mol. The minimum absolute atomic E-state index is 0. The number of aliphatic imine (C=N–C) groups is 1. The fourth-order valence-electron chi connectivity index (χ4n) is 4.19. The molecule has 1 saturated heterocycles. The first kappa shape index (κ1) is 22.3. The van der Waals surface area contributed by atoms with Gasteiger partial charge in [-0.1, -0.05) is 31.5 Å². The molecule has 0 amide bonds. The SMILES string of the molecule is CCNC(=NCC(C)Oc1ccc(C)cc1)NC1C2CCOC2C1(C)C.I. The number of hydrogen-bond donors (Lipinski definition) is 2. The van der Waals surface area contributed by atoms with Crippen LogP contribution in [0.15, 0.2) is 29.3 Å². The minimum atomic E-state index is 0. The quantitative estimate of drug-likeness (QED) is 0.365. The third-order valence-corrected chi connectivity index (χ3v) is 5.60. The average molecular weight is 487 g/mol. The van der Waals surface area contributed by atoms with Gasteiger partial charge in [0, 0.05) is 30.5 Å². The molecule has 0 spiro atoms. The molecule has 2 N–H and O–H groups in total. The monoisotopic (exact) mass is 487 g/mol. The number of guanidine groups is 1. The van der Waals surface area contributed by atoms with Gasteiger partial charge in [-0.2, -0.15) is 0 Å². The second-order valence-electron chi connectivity index (χ2n) is 8.15. The van der Waals surface area contributed by atoms with E-state index in [1.165, 1.54) is 5.56 Å². The van der Waals surface area contributed by atoms with Crippen molar-refractivity contribution in [1.29, 1.82) is 0 Å². The van der Waals surface area contributed by atoms with Gasteiger partial charge >= 0.3 is 0 Å². The third-order valence-electron chi connectivity index (χ3n) is 5.60. The molecule has 2 fully saturated rings. The van der Waals surface area contributed by atoms with Crippen LogP contribution in [-0.4, -0.2) is 43.9 Å². The minimum Gasteiger partial charge on any atom is -0.489 e. The Hall–Kier alpha value is -1.02. The van der Waals surface area contributed by atoms with Gasteiger partial charge in [-0.15, -0.1) is 24.0 Å². The van der Waals surface area contributed by atoms with E-state index in [-0.39, 0.29) is 35.5 Å². The van der Waals surface area contributed by atoms with E-state index in [4.69, 9.17) is 14.5 Å². The normalized spacial score (nSPS) is 27.0. The Labute approximate surface area is 180 Å². The zero-order valence-corrected chi connectivity index (χ0v) is 19.4. The molecule has 0 bridgehead atoms. The first-order valence-electron chi connectivity index (χ1n) is 9.81. The molecule has 1 aliphatic carbocycles. The van der Waals surface area contributed by atoms with Crippen LogP contribution in [0.5, 0.6) is 5.75 Å². The first-order chi connectivity index (χ1) is 12.4. The van der Waals surface area contributed by atoms with Crippen molar-refractivity contribution in [2.45, 2.75) is 59.3 Å². The van der Waals surface area contributed by atoms with Crippen LogP contribution in [-0.2, 0) is 4.74 Å². The van der Waals surface area contributed by atoms with E-state index >= 15 is 0 Å². The molecule has 2 aliphatic rings. The van der Waals surface area contributed by atoms with Crippen molar-refractivity contribution in [3.8, 4) is 5.75 Å². The van der Waals surface area contributed by atoms with E-state index < -0.39 is 0 Å². The topological polar surface area (TPSA) is 54.9 Å². The molecule has 1 aliphatic heterocycles. The Morgan fingerprint density at radius 2 is 2.04 bits per heavy atom. The summed E-state index contributed by atoms with van der Waals surface area (Å²) >= 11 is 0. The molecule has 152 valence electrons. The van der Waals surface area contributed by atoms with Crippen LogP contribution in [0.1, 0.15) is 39.7 Å². The first-order valence-corrected chi connectivity index (χ1v) is 9.81. The van der Waals surface area contributed by atoms with E-state index in [0.29, 0.717) is 24.6 Å². The largest absolute Gasteiger partial charge is 0.489 e. The summed E-state index contributed by atoms with van der Waals surface area (Å²) in [4.78, 5) is 4.76. The molecular weight excluding hydrogens is 453 g/mol. The lowest BCUT2D eigenvalue weighted by molar-refractivity contribution is -0.106. The highest BCUT2D eigenvalue weighted by Crippen LogP contribution is 2.52. The molecule has 0 radical (unpaired) electrons. The lowest BCUT2D eigenvalue weighted by Crippen LogP contribution is -2.68. The second kappa shape index (κ2) is 9.45. The molecule has 4 atom stereocenters. The molecule has 27 heavy (non-hydrogen) atoms. The molecule has 1 saturated carbocycles. The van der Waals surface area contributed by atoms with Gasteiger partial charge in [-0.05, 0) is 39.3 Å². The van der Waals surface area contributed by atoms with Crippen molar-refractivity contribution in [2.75, 3.05) is 19.7 Å². The van der Waals surface area contributed by atoms with Crippen LogP contribution >= 0.6 is 24.0 Å². The number of ether oxygens (including phenoxy) is 2. The van der Waals surface area contributed by atoms with Gasteiger partial charge in [0.2, 0.25) is 0 Å². The van der Waals surface area contributed by atoms with Crippen LogP contribution < -0.4 is 15.4 Å². The third kappa shape index (κ3) is 5.08.